The Bertz CT molecular complexity index is 843. The number of aryl methyl sites for hydroxylation is 1. The number of carbonyl (C=O) groups excluding carboxylic acids is 1. The molecule has 3 aliphatic rings. The predicted octanol–water partition coefficient (Wildman–Crippen LogP) is 4.44. The molecule has 2 aliphatic carbocycles. The van der Waals surface area contributed by atoms with Gasteiger partial charge < -0.3 is 9.88 Å². The summed E-state index contributed by atoms with van der Waals surface area (Å²) < 4.78 is 2.25. The monoisotopic (exact) mass is 364 g/mol. The largest absolute Gasteiger partial charge is 0.326 e. The van der Waals surface area contributed by atoms with Crippen LogP contribution in [-0.4, -0.2) is 20.7 Å². The second kappa shape index (κ2) is 7.10. The summed E-state index contributed by atoms with van der Waals surface area (Å²) in [5, 5.41) is 12.0. The number of aromatic nitrogens is 3. The normalized spacial score (nSPS) is 26.6. The zero-order valence-electron chi connectivity index (χ0n) is 15.9. The van der Waals surface area contributed by atoms with Crippen LogP contribution in [-0.2, 0) is 17.8 Å². The van der Waals surface area contributed by atoms with Crippen LogP contribution in [0.5, 0.6) is 0 Å². The number of hydrogen-bond acceptors (Lipinski definition) is 3. The van der Waals surface area contributed by atoms with E-state index in [-0.39, 0.29) is 5.91 Å². The number of benzene rings is 1. The molecule has 2 saturated carbocycles. The number of hydrogen-bond donors (Lipinski definition) is 1. The Balaban J connectivity index is 1.29. The highest BCUT2D eigenvalue weighted by molar-refractivity contribution is 5.91. The van der Waals surface area contributed by atoms with E-state index in [9.17, 15) is 4.79 Å². The summed E-state index contributed by atoms with van der Waals surface area (Å²) in [6.45, 7) is 0.985. The van der Waals surface area contributed by atoms with Crippen molar-refractivity contribution in [2.45, 2.75) is 64.3 Å². The summed E-state index contributed by atoms with van der Waals surface area (Å²) in [5.74, 6) is 4.45. The number of fused-ring (bicyclic) bond motifs is 3. The van der Waals surface area contributed by atoms with Gasteiger partial charge in [-0.3, -0.25) is 4.79 Å². The zero-order valence-corrected chi connectivity index (χ0v) is 15.9. The Hall–Kier alpha value is -2.17. The van der Waals surface area contributed by atoms with Crippen LogP contribution in [0.15, 0.2) is 24.3 Å². The van der Waals surface area contributed by atoms with Gasteiger partial charge >= 0.3 is 0 Å². The molecule has 3 atom stereocenters. The van der Waals surface area contributed by atoms with Crippen molar-refractivity contribution in [2.75, 3.05) is 5.32 Å². The van der Waals surface area contributed by atoms with E-state index < -0.39 is 0 Å². The molecule has 2 heterocycles. The molecule has 1 aromatic carbocycles. The van der Waals surface area contributed by atoms with Gasteiger partial charge in [-0.2, -0.15) is 0 Å². The maximum absolute atomic E-state index is 12.6. The first-order chi connectivity index (χ1) is 13.3. The third kappa shape index (κ3) is 3.40. The van der Waals surface area contributed by atoms with Gasteiger partial charge in [-0.25, -0.2) is 0 Å². The lowest BCUT2D eigenvalue weighted by Crippen LogP contribution is -2.20. The Labute approximate surface area is 160 Å². The number of amides is 1. The lowest BCUT2D eigenvalue weighted by Gasteiger charge is -2.21. The topological polar surface area (TPSA) is 59.8 Å². The third-order valence-electron chi connectivity index (χ3n) is 6.85. The van der Waals surface area contributed by atoms with E-state index in [0.717, 1.165) is 47.7 Å². The minimum Gasteiger partial charge on any atom is -0.326 e. The number of rotatable bonds is 4. The molecule has 2 aromatic rings. The average molecular weight is 364 g/mol. The molecule has 1 aliphatic heterocycles. The van der Waals surface area contributed by atoms with Crippen LogP contribution in [0.25, 0.3) is 11.4 Å². The second-order valence-corrected chi connectivity index (χ2v) is 8.67. The molecule has 0 spiro atoms. The molecule has 27 heavy (non-hydrogen) atoms. The molecule has 0 radical (unpaired) electrons. The lowest BCUT2D eigenvalue weighted by atomic mass is 9.86. The van der Waals surface area contributed by atoms with E-state index in [1.165, 1.54) is 44.9 Å². The van der Waals surface area contributed by atoms with Crippen LogP contribution in [0.4, 0.5) is 5.69 Å². The number of nitrogens with zero attached hydrogens (tertiary/aromatic N) is 3. The van der Waals surface area contributed by atoms with Gasteiger partial charge in [-0.15, -0.1) is 10.2 Å². The van der Waals surface area contributed by atoms with E-state index in [0.29, 0.717) is 12.3 Å². The van der Waals surface area contributed by atoms with Crippen molar-refractivity contribution in [1.82, 2.24) is 14.8 Å². The minimum atomic E-state index is 0.157. The fourth-order valence-corrected chi connectivity index (χ4v) is 5.51. The summed E-state index contributed by atoms with van der Waals surface area (Å²) in [6, 6.07) is 8.08. The highest BCUT2D eigenvalue weighted by Gasteiger charge is 2.40. The molecule has 0 unspecified atom stereocenters. The van der Waals surface area contributed by atoms with Gasteiger partial charge in [-0.05, 0) is 62.0 Å². The molecule has 5 nitrogen and oxygen atoms in total. The maximum atomic E-state index is 12.6. The molecule has 1 N–H and O–H groups in total. The fourth-order valence-electron chi connectivity index (χ4n) is 5.51. The molecule has 1 aromatic heterocycles. The van der Waals surface area contributed by atoms with E-state index in [2.05, 4.69) is 26.1 Å². The number of carbonyl (C=O) groups is 1. The van der Waals surface area contributed by atoms with Gasteiger partial charge in [0.25, 0.3) is 0 Å². The maximum Gasteiger partial charge on any atom is 0.224 e. The highest BCUT2D eigenvalue weighted by atomic mass is 16.1. The SMILES string of the molecule is O=C(C[C@@H]1C[C@H]2CC[C@@H]1C2)Nc1cccc(-c2nnc3n2CCCCC3)c1. The van der Waals surface area contributed by atoms with Crippen molar-refractivity contribution in [3.05, 3.63) is 30.1 Å². The second-order valence-electron chi connectivity index (χ2n) is 8.67. The predicted molar refractivity (Wildman–Crippen MR) is 105 cm³/mol. The summed E-state index contributed by atoms with van der Waals surface area (Å²) >= 11 is 0. The van der Waals surface area contributed by atoms with Crippen molar-refractivity contribution in [2.24, 2.45) is 17.8 Å². The smallest absolute Gasteiger partial charge is 0.224 e. The van der Waals surface area contributed by atoms with Crippen LogP contribution in [0.2, 0.25) is 0 Å². The van der Waals surface area contributed by atoms with E-state index in [4.69, 9.17) is 0 Å². The van der Waals surface area contributed by atoms with Crippen LogP contribution in [0.3, 0.4) is 0 Å². The highest BCUT2D eigenvalue weighted by Crippen LogP contribution is 2.49. The Morgan fingerprint density at radius 3 is 2.96 bits per heavy atom. The number of nitrogens with one attached hydrogen (secondary N) is 1. The van der Waals surface area contributed by atoms with Gasteiger partial charge in [-0.1, -0.05) is 25.0 Å². The molecule has 142 valence electrons. The Morgan fingerprint density at radius 1 is 1.15 bits per heavy atom. The van der Waals surface area contributed by atoms with E-state index >= 15 is 0 Å². The summed E-state index contributed by atoms with van der Waals surface area (Å²) in [4.78, 5) is 12.6. The van der Waals surface area contributed by atoms with Gasteiger partial charge in [0.15, 0.2) is 5.82 Å². The van der Waals surface area contributed by atoms with Crippen LogP contribution in [0.1, 0.15) is 57.2 Å². The zero-order chi connectivity index (χ0) is 18.2. The minimum absolute atomic E-state index is 0.157. The van der Waals surface area contributed by atoms with Crippen LogP contribution >= 0.6 is 0 Å². The molecule has 2 bridgehead atoms. The molecule has 5 rings (SSSR count). The first-order valence-corrected chi connectivity index (χ1v) is 10.6. The van der Waals surface area contributed by atoms with Gasteiger partial charge in [0.05, 0.1) is 0 Å². The fraction of sp³-hybridized carbons (Fsp3) is 0.591. The summed E-state index contributed by atoms with van der Waals surface area (Å²) in [7, 11) is 0. The Kier molecular flexibility index (Phi) is 4.46. The summed E-state index contributed by atoms with van der Waals surface area (Å²) in [6.07, 6.45) is 10.6. The molecular formula is C22H28N4O. The van der Waals surface area contributed by atoms with Crippen molar-refractivity contribution in [3.8, 4) is 11.4 Å². The quantitative estimate of drug-likeness (QED) is 0.873. The molecular weight excluding hydrogens is 336 g/mol. The molecule has 2 fully saturated rings. The molecule has 1 amide bonds. The standard InChI is InChI=1S/C22H28N4O/c27-21(14-18-12-15-8-9-16(18)11-15)23-19-6-4-5-17(13-19)22-25-24-20-7-2-1-3-10-26(20)22/h4-6,13,15-16,18H,1-3,7-12,14H2,(H,23,27)/t15-,16+,18-/m0/s1. The molecule has 0 saturated heterocycles. The van der Waals surface area contributed by atoms with Crippen molar-refractivity contribution < 1.29 is 4.79 Å². The van der Waals surface area contributed by atoms with E-state index in [1.807, 2.05) is 18.2 Å². The van der Waals surface area contributed by atoms with Crippen LogP contribution < -0.4 is 5.32 Å². The van der Waals surface area contributed by atoms with Crippen LogP contribution in [0, 0.1) is 17.8 Å². The lowest BCUT2D eigenvalue weighted by molar-refractivity contribution is -0.117. The Morgan fingerprint density at radius 2 is 2.11 bits per heavy atom. The van der Waals surface area contributed by atoms with Gasteiger partial charge in [0.1, 0.15) is 5.82 Å². The molecule has 5 heteroatoms. The van der Waals surface area contributed by atoms with Crippen molar-refractivity contribution in [1.29, 1.82) is 0 Å². The van der Waals surface area contributed by atoms with Crippen molar-refractivity contribution >= 4 is 11.6 Å². The first-order valence-electron chi connectivity index (χ1n) is 10.6. The number of anilines is 1. The van der Waals surface area contributed by atoms with Gasteiger partial charge in [0.2, 0.25) is 5.91 Å². The first kappa shape index (κ1) is 17.0. The summed E-state index contributed by atoms with van der Waals surface area (Å²) in [5.41, 5.74) is 1.90. The average Bonchev–Trinajstić information content (AvgIpc) is 3.34. The van der Waals surface area contributed by atoms with E-state index in [1.54, 1.807) is 0 Å². The van der Waals surface area contributed by atoms with Crippen molar-refractivity contribution in [3.63, 3.8) is 0 Å². The van der Waals surface area contributed by atoms with Gasteiger partial charge in [0, 0.05) is 30.6 Å². The third-order valence-corrected chi connectivity index (χ3v) is 6.85.